The van der Waals surface area contributed by atoms with E-state index in [1.165, 1.54) is 30.7 Å². The maximum absolute atomic E-state index is 12.9. The first-order valence-electron chi connectivity index (χ1n) is 9.81. The number of anilines is 1. The van der Waals surface area contributed by atoms with Crippen LogP contribution in [0.4, 0.5) is 5.69 Å². The molecular formula is C22H19Cl4NO4. The number of carbonyl (C=O) groups excluding carboxylic acids is 3. The van der Waals surface area contributed by atoms with Crippen molar-refractivity contribution < 1.29 is 19.1 Å². The molecular weight excluding hydrogens is 484 g/mol. The lowest BCUT2D eigenvalue weighted by Crippen LogP contribution is -2.29. The maximum Gasteiger partial charge on any atom is 0.338 e. The molecule has 3 rings (SSSR count). The predicted molar refractivity (Wildman–Crippen MR) is 123 cm³/mol. The first-order valence-corrected chi connectivity index (χ1v) is 11.3. The van der Waals surface area contributed by atoms with Crippen molar-refractivity contribution in [1.29, 1.82) is 0 Å². The molecule has 0 aliphatic carbocycles. The van der Waals surface area contributed by atoms with Crippen LogP contribution in [0.5, 0.6) is 0 Å². The van der Waals surface area contributed by atoms with Gasteiger partial charge in [0.25, 0.3) is 11.8 Å². The van der Waals surface area contributed by atoms with E-state index >= 15 is 0 Å². The van der Waals surface area contributed by atoms with Crippen molar-refractivity contribution in [1.82, 2.24) is 0 Å². The molecule has 2 aromatic rings. The first-order chi connectivity index (χ1) is 14.8. The number of halogens is 4. The molecule has 0 aromatic heterocycles. The summed E-state index contributed by atoms with van der Waals surface area (Å²) in [5, 5.41) is -0.456. The molecule has 0 bridgehead atoms. The third-order valence-corrected chi connectivity index (χ3v) is 6.75. The van der Waals surface area contributed by atoms with E-state index in [1.54, 1.807) is 0 Å². The van der Waals surface area contributed by atoms with Gasteiger partial charge in [-0.1, -0.05) is 79.0 Å². The Kier molecular flexibility index (Phi) is 7.87. The number of hydrogen-bond acceptors (Lipinski definition) is 4. The van der Waals surface area contributed by atoms with Gasteiger partial charge in [0.1, 0.15) is 0 Å². The Labute approximate surface area is 200 Å². The number of nitrogens with zero attached hydrogens (tertiary/aromatic N) is 1. The molecule has 0 spiro atoms. The molecule has 0 saturated carbocycles. The van der Waals surface area contributed by atoms with E-state index in [1.807, 2.05) is 0 Å². The van der Waals surface area contributed by atoms with E-state index in [0.717, 1.165) is 30.6 Å². The van der Waals surface area contributed by atoms with Crippen LogP contribution in [0, 0.1) is 0 Å². The zero-order valence-electron chi connectivity index (χ0n) is 16.6. The van der Waals surface area contributed by atoms with E-state index in [4.69, 9.17) is 51.1 Å². The molecule has 2 amide bonds. The number of unbranched alkanes of at least 4 members (excludes halogenated alkanes) is 4. The molecule has 0 saturated heterocycles. The van der Waals surface area contributed by atoms with Crippen LogP contribution in [0.25, 0.3) is 0 Å². The molecule has 31 heavy (non-hydrogen) atoms. The fraction of sp³-hybridized carbons (Fsp3) is 0.318. The lowest BCUT2D eigenvalue weighted by molar-refractivity contribution is 0.0497. The van der Waals surface area contributed by atoms with E-state index in [9.17, 15) is 14.4 Å². The fourth-order valence-corrected chi connectivity index (χ4v) is 4.30. The van der Waals surface area contributed by atoms with Crippen LogP contribution in [-0.4, -0.2) is 24.4 Å². The fourth-order valence-electron chi connectivity index (χ4n) is 3.28. The van der Waals surface area contributed by atoms with Crippen molar-refractivity contribution >= 4 is 69.9 Å². The van der Waals surface area contributed by atoms with Crippen LogP contribution in [0.1, 0.15) is 70.1 Å². The van der Waals surface area contributed by atoms with Crippen molar-refractivity contribution in [3.63, 3.8) is 0 Å². The van der Waals surface area contributed by atoms with E-state index in [-0.39, 0.29) is 36.9 Å². The first kappa shape index (κ1) is 23.9. The Morgan fingerprint density at radius 3 is 1.84 bits per heavy atom. The average Bonchev–Trinajstić information content (AvgIpc) is 3.03. The molecule has 0 unspecified atom stereocenters. The van der Waals surface area contributed by atoms with Crippen LogP contribution >= 0.6 is 46.4 Å². The number of benzene rings is 2. The molecule has 0 fully saturated rings. The van der Waals surface area contributed by atoms with Gasteiger partial charge in [0.05, 0.1) is 49.1 Å². The summed E-state index contributed by atoms with van der Waals surface area (Å²) in [6.45, 7) is 2.49. The molecule has 0 radical (unpaired) electrons. The Morgan fingerprint density at radius 1 is 0.806 bits per heavy atom. The maximum atomic E-state index is 12.9. The predicted octanol–water partition coefficient (Wildman–Crippen LogP) is 7.23. The summed E-state index contributed by atoms with van der Waals surface area (Å²) in [5.74, 6) is -1.81. The Balaban J connectivity index is 1.74. The molecule has 9 heteroatoms. The Hall–Kier alpha value is -1.79. The molecule has 1 heterocycles. The highest BCUT2D eigenvalue weighted by Gasteiger charge is 2.42. The zero-order valence-corrected chi connectivity index (χ0v) is 19.7. The lowest BCUT2D eigenvalue weighted by Gasteiger charge is -2.14. The summed E-state index contributed by atoms with van der Waals surface area (Å²) in [6.07, 6.45) is 5.26. The van der Waals surface area contributed by atoms with Gasteiger partial charge < -0.3 is 4.74 Å². The molecule has 1 aliphatic heterocycles. The van der Waals surface area contributed by atoms with Crippen molar-refractivity contribution in [2.24, 2.45) is 0 Å². The van der Waals surface area contributed by atoms with Gasteiger partial charge in [-0.2, -0.15) is 0 Å². The zero-order chi connectivity index (χ0) is 22.7. The van der Waals surface area contributed by atoms with Gasteiger partial charge in [0.15, 0.2) is 0 Å². The molecule has 1 aliphatic rings. The number of ether oxygens (including phenoxy) is 1. The summed E-state index contributed by atoms with van der Waals surface area (Å²) in [6, 6.07) is 5.93. The molecule has 164 valence electrons. The quantitative estimate of drug-likeness (QED) is 0.125. The van der Waals surface area contributed by atoms with Crippen LogP contribution in [0.3, 0.4) is 0 Å². The number of esters is 1. The standard InChI is InChI=1S/C22H19Cl4NO4/c1-2-3-4-5-6-11-31-22(30)12-7-9-13(10-8-12)27-20(28)14-15(21(27)29)17(24)19(26)18(25)16(14)23/h7-10H,2-6,11H2,1H3. The van der Waals surface area contributed by atoms with Gasteiger partial charge in [-0.15, -0.1) is 0 Å². The molecule has 2 aromatic carbocycles. The topological polar surface area (TPSA) is 63.7 Å². The Morgan fingerprint density at radius 2 is 1.32 bits per heavy atom. The monoisotopic (exact) mass is 501 g/mol. The second-order valence-corrected chi connectivity index (χ2v) is 8.56. The van der Waals surface area contributed by atoms with Gasteiger partial charge in [-0.25, -0.2) is 9.69 Å². The minimum atomic E-state index is -0.673. The lowest BCUT2D eigenvalue weighted by atomic mass is 10.1. The number of carbonyl (C=O) groups is 3. The van der Waals surface area contributed by atoms with Crippen LogP contribution in [0.2, 0.25) is 20.1 Å². The van der Waals surface area contributed by atoms with Crippen LogP contribution in [-0.2, 0) is 4.74 Å². The number of hydrogen-bond donors (Lipinski definition) is 0. The smallest absolute Gasteiger partial charge is 0.338 e. The van der Waals surface area contributed by atoms with Crippen molar-refractivity contribution in [3.8, 4) is 0 Å². The third-order valence-electron chi connectivity index (χ3n) is 4.94. The van der Waals surface area contributed by atoms with E-state index < -0.39 is 17.8 Å². The number of amides is 2. The van der Waals surface area contributed by atoms with Crippen molar-refractivity contribution in [2.75, 3.05) is 11.5 Å². The summed E-state index contributed by atoms with van der Waals surface area (Å²) in [7, 11) is 0. The SMILES string of the molecule is CCCCCCCOC(=O)c1ccc(N2C(=O)c3c(Cl)c(Cl)c(Cl)c(Cl)c3C2=O)cc1. The van der Waals surface area contributed by atoms with E-state index in [2.05, 4.69) is 6.92 Å². The van der Waals surface area contributed by atoms with Crippen molar-refractivity contribution in [2.45, 2.75) is 39.0 Å². The highest BCUT2D eigenvalue weighted by molar-refractivity contribution is 6.56. The number of rotatable bonds is 8. The Bertz CT molecular complexity index is 990. The van der Waals surface area contributed by atoms with Crippen LogP contribution < -0.4 is 4.90 Å². The summed E-state index contributed by atoms with van der Waals surface area (Å²) in [5.41, 5.74) is 0.369. The van der Waals surface area contributed by atoms with Gasteiger partial charge in [-0.3, -0.25) is 9.59 Å². The summed E-state index contributed by atoms with van der Waals surface area (Å²) >= 11 is 24.3. The van der Waals surface area contributed by atoms with Gasteiger partial charge in [0, 0.05) is 0 Å². The normalized spacial score (nSPS) is 13.0. The number of fused-ring (bicyclic) bond motifs is 1. The van der Waals surface area contributed by atoms with Crippen LogP contribution in [0.15, 0.2) is 24.3 Å². The van der Waals surface area contributed by atoms with E-state index in [0.29, 0.717) is 12.2 Å². The summed E-state index contributed by atoms with van der Waals surface area (Å²) < 4.78 is 5.27. The highest BCUT2D eigenvalue weighted by atomic mass is 35.5. The third kappa shape index (κ3) is 4.70. The highest BCUT2D eigenvalue weighted by Crippen LogP contribution is 2.45. The van der Waals surface area contributed by atoms with Gasteiger partial charge >= 0.3 is 5.97 Å². The second kappa shape index (κ2) is 10.2. The number of imide groups is 1. The van der Waals surface area contributed by atoms with Gasteiger partial charge in [-0.05, 0) is 30.7 Å². The molecule has 0 N–H and O–H groups in total. The largest absolute Gasteiger partial charge is 0.462 e. The van der Waals surface area contributed by atoms with Gasteiger partial charge in [0.2, 0.25) is 0 Å². The second-order valence-electron chi connectivity index (χ2n) is 7.05. The minimum Gasteiger partial charge on any atom is -0.462 e. The summed E-state index contributed by atoms with van der Waals surface area (Å²) in [4.78, 5) is 38.9. The average molecular weight is 503 g/mol. The molecule has 5 nitrogen and oxygen atoms in total. The molecule has 0 atom stereocenters. The van der Waals surface area contributed by atoms with Crippen molar-refractivity contribution in [3.05, 3.63) is 61.0 Å². The minimum absolute atomic E-state index is 0.0946.